The number of ether oxygens (including phenoxy) is 1. The number of carbonyl (C=O) groups is 1. The molecule has 0 aliphatic carbocycles. The molecule has 0 radical (unpaired) electrons. The number of nitrogens with one attached hydrogen (secondary N) is 1. The average Bonchev–Trinajstić information content (AvgIpc) is 3.39. The minimum Gasteiger partial charge on any atom is -0.484 e. The van der Waals surface area contributed by atoms with Crippen LogP contribution in [-0.2, 0) is 6.42 Å². The number of alkyl halides is 2. The third-order valence-corrected chi connectivity index (χ3v) is 7.22. The fourth-order valence-corrected chi connectivity index (χ4v) is 4.74. The number of carbonyl (C=O) groups excluding carboxylic acids is 1. The quantitative estimate of drug-likeness (QED) is 0.538. The molecule has 3 aromatic rings. The van der Waals surface area contributed by atoms with Crippen molar-refractivity contribution < 1.29 is 23.4 Å². The zero-order chi connectivity index (χ0) is 25.7. The van der Waals surface area contributed by atoms with Crippen molar-refractivity contribution >= 4 is 22.9 Å². The number of hydrogen-bond donors (Lipinski definition) is 2. The highest BCUT2D eigenvalue weighted by Gasteiger charge is 2.47. The number of anilines is 2. The van der Waals surface area contributed by atoms with Crippen LogP contribution < -0.4 is 15.0 Å². The molecular weight excluding hydrogens is 470 g/mol. The second kappa shape index (κ2) is 8.97. The van der Waals surface area contributed by atoms with Gasteiger partial charge in [0.15, 0.2) is 5.65 Å². The lowest BCUT2D eigenvalue weighted by Crippen LogP contribution is -2.51. The molecule has 1 aromatic carbocycles. The fraction of sp³-hybridized carbons (Fsp3) is 0.480. The summed E-state index contributed by atoms with van der Waals surface area (Å²) < 4.78 is 33.5. The van der Waals surface area contributed by atoms with Crippen LogP contribution in [0.5, 0.6) is 5.75 Å². The predicted octanol–water partition coefficient (Wildman–Crippen LogP) is 2.83. The van der Waals surface area contributed by atoms with Gasteiger partial charge >= 0.3 is 0 Å². The molecule has 36 heavy (non-hydrogen) atoms. The molecule has 1 fully saturated rings. The van der Waals surface area contributed by atoms with Gasteiger partial charge in [-0.1, -0.05) is 0 Å². The van der Waals surface area contributed by atoms with E-state index in [4.69, 9.17) is 4.74 Å². The molecule has 0 unspecified atom stereocenters. The molecule has 2 aromatic heterocycles. The van der Waals surface area contributed by atoms with Gasteiger partial charge in [-0.25, -0.2) is 18.3 Å². The van der Waals surface area contributed by atoms with Gasteiger partial charge in [-0.15, -0.1) is 0 Å². The number of rotatable bonds is 6. The first-order chi connectivity index (χ1) is 17.0. The first kappa shape index (κ1) is 24.4. The minimum absolute atomic E-state index is 0.254. The summed E-state index contributed by atoms with van der Waals surface area (Å²) in [5, 5.41) is 17.9. The maximum Gasteiger partial charge on any atom is 0.261 e. The largest absolute Gasteiger partial charge is 0.484 e. The van der Waals surface area contributed by atoms with Gasteiger partial charge in [0, 0.05) is 56.6 Å². The van der Waals surface area contributed by atoms with Crippen molar-refractivity contribution in [2.24, 2.45) is 0 Å². The summed E-state index contributed by atoms with van der Waals surface area (Å²) in [6.45, 7) is 7.04. The van der Waals surface area contributed by atoms with Crippen LogP contribution in [0.15, 0.2) is 36.8 Å². The Morgan fingerprint density at radius 2 is 2.03 bits per heavy atom. The van der Waals surface area contributed by atoms with E-state index in [0.717, 1.165) is 11.3 Å². The molecule has 4 heterocycles. The molecule has 0 bridgehead atoms. The SMILES string of the molecule is CC(C)(O)[C@]1(C)Cc2cc(NC(=O)c3cnn4cccnc34)c(N3CCN(CC(F)F)CC3)cc2O1. The number of piperazine rings is 1. The summed E-state index contributed by atoms with van der Waals surface area (Å²) in [6.07, 6.45) is 2.88. The Morgan fingerprint density at radius 1 is 1.28 bits per heavy atom. The lowest BCUT2D eigenvalue weighted by molar-refractivity contribution is -0.0900. The summed E-state index contributed by atoms with van der Waals surface area (Å²) in [6, 6.07) is 5.48. The molecule has 0 saturated carbocycles. The summed E-state index contributed by atoms with van der Waals surface area (Å²) in [4.78, 5) is 21.4. The lowest BCUT2D eigenvalue weighted by Gasteiger charge is -2.37. The lowest BCUT2D eigenvalue weighted by atomic mass is 9.84. The van der Waals surface area contributed by atoms with Crippen molar-refractivity contribution in [3.8, 4) is 5.75 Å². The third kappa shape index (κ3) is 4.48. The van der Waals surface area contributed by atoms with E-state index >= 15 is 0 Å². The molecular formula is C25H30F2N6O3. The van der Waals surface area contributed by atoms with Gasteiger partial charge in [0.25, 0.3) is 12.3 Å². The average molecular weight is 501 g/mol. The number of aliphatic hydroxyl groups is 1. The first-order valence-corrected chi connectivity index (χ1v) is 12.0. The van der Waals surface area contributed by atoms with Crippen molar-refractivity contribution in [1.82, 2.24) is 19.5 Å². The molecule has 1 amide bonds. The Balaban J connectivity index is 1.47. The standard InChI is InChI=1S/C25H30F2N6O3/c1-24(2,35)25(3)13-16-11-18(30-23(34)17-14-29-33-6-4-5-28-22(17)33)19(12-20(16)36-25)32-9-7-31(8-10-32)15-21(26)27/h4-6,11-12,14,21,35H,7-10,13,15H2,1-3H3,(H,30,34)/t25-/m0/s1. The highest BCUT2D eigenvalue weighted by Crippen LogP contribution is 2.45. The second-order valence-corrected chi connectivity index (χ2v) is 10.1. The molecule has 2 N–H and O–H groups in total. The molecule has 5 rings (SSSR count). The number of amides is 1. The van der Waals surface area contributed by atoms with Crippen molar-refractivity contribution in [2.75, 3.05) is 42.9 Å². The van der Waals surface area contributed by atoms with Gasteiger partial charge in [0.05, 0.1) is 29.7 Å². The highest BCUT2D eigenvalue weighted by atomic mass is 19.3. The Kier molecular flexibility index (Phi) is 6.08. The number of halogens is 2. The zero-order valence-electron chi connectivity index (χ0n) is 20.5. The highest BCUT2D eigenvalue weighted by molar-refractivity contribution is 6.09. The van der Waals surface area contributed by atoms with Gasteiger partial charge < -0.3 is 20.1 Å². The monoisotopic (exact) mass is 500 g/mol. The number of nitrogens with zero attached hydrogens (tertiary/aromatic N) is 5. The van der Waals surface area contributed by atoms with Crippen LogP contribution in [0.25, 0.3) is 5.65 Å². The molecule has 2 aliphatic heterocycles. The van der Waals surface area contributed by atoms with Crippen LogP contribution in [-0.4, -0.2) is 80.9 Å². The van der Waals surface area contributed by atoms with E-state index in [-0.39, 0.29) is 12.5 Å². The van der Waals surface area contributed by atoms with Gasteiger partial charge in [0.1, 0.15) is 16.9 Å². The first-order valence-electron chi connectivity index (χ1n) is 12.0. The molecule has 1 saturated heterocycles. The second-order valence-electron chi connectivity index (χ2n) is 10.1. The van der Waals surface area contributed by atoms with Crippen molar-refractivity contribution in [2.45, 2.75) is 44.8 Å². The van der Waals surface area contributed by atoms with Crippen molar-refractivity contribution in [3.05, 3.63) is 47.9 Å². The number of fused-ring (bicyclic) bond motifs is 2. The topological polar surface area (TPSA) is 95.2 Å². The fourth-order valence-electron chi connectivity index (χ4n) is 4.74. The Labute approximate surface area is 207 Å². The van der Waals surface area contributed by atoms with Gasteiger partial charge in [-0.05, 0) is 32.9 Å². The van der Waals surface area contributed by atoms with Crippen LogP contribution in [0.4, 0.5) is 20.2 Å². The van der Waals surface area contributed by atoms with Gasteiger partial charge in [0.2, 0.25) is 0 Å². The van der Waals surface area contributed by atoms with Crippen molar-refractivity contribution in [3.63, 3.8) is 0 Å². The summed E-state index contributed by atoms with van der Waals surface area (Å²) in [5.74, 6) is 0.283. The zero-order valence-corrected chi connectivity index (χ0v) is 20.5. The van der Waals surface area contributed by atoms with E-state index in [1.54, 1.807) is 37.2 Å². The molecule has 9 nitrogen and oxygen atoms in total. The number of benzene rings is 1. The van der Waals surface area contributed by atoms with E-state index in [2.05, 4.69) is 20.3 Å². The molecule has 1 atom stereocenters. The van der Waals surface area contributed by atoms with Crippen LogP contribution in [0.1, 0.15) is 36.7 Å². The normalized spacial score (nSPS) is 20.6. The Morgan fingerprint density at radius 3 is 2.72 bits per heavy atom. The summed E-state index contributed by atoms with van der Waals surface area (Å²) >= 11 is 0. The number of hydrogen-bond acceptors (Lipinski definition) is 7. The maximum atomic E-state index is 13.3. The van der Waals surface area contributed by atoms with Crippen LogP contribution >= 0.6 is 0 Å². The van der Waals surface area contributed by atoms with Crippen molar-refractivity contribution in [1.29, 1.82) is 0 Å². The van der Waals surface area contributed by atoms with Crippen LogP contribution in [0, 0.1) is 0 Å². The predicted molar refractivity (Wildman–Crippen MR) is 131 cm³/mol. The summed E-state index contributed by atoms with van der Waals surface area (Å²) in [5.41, 5.74) is 1.03. The van der Waals surface area contributed by atoms with Crippen LogP contribution in [0.2, 0.25) is 0 Å². The molecule has 11 heteroatoms. The van der Waals surface area contributed by atoms with E-state index < -0.39 is 17.6 Å². The van der Waals surface area contributed by atoms with Gasteiger partial charge in [-0.2, -0.15) is 5.10 Å². The number of aromatic nitrogens is 3. The van der Waals surface area contributed by atoms with E-state index in [9.17, 15) is 18.7 Å². The van der Waals surface area contributed by atoms with Crippen LogP contribution in [0.3, 0.4) is 0 Å². The summed E-state index contributed by atoms with van der Waals surface area (Å²) in [7, 11) is 0. The van der Waals surface area contributed by atoms with Gasteiger partial charge in [-0.3, -0.25) is 9.69 Å². The minimum atomic E-state index is -2.38. The molecule has 2 aliphatic rings. The molecule has 0 spiro atoms. The Hall–Kier alpha value is -3.31. The van der Waals surface area contributed by atoms with E-state index in [1.165, 1.54) is 10.7 Å². The maximum absolute atomic E-state index is 13.3. The van der Waals surface area contributed by atoms with E-state index in [1.807, 2.05) is 19.1 Å². The van der Waals surface area contributed by atoms with E-state index in [0.29, 0.717) is 55.2 Å². The Bertz CT molecular complexity index is 1280. The smallest absolute Gasteiger partial charge is 0.261 e. The third-order valence-electron chi connectivity index (χ3n) is 7.22. The molecule has 192 valence electrons.